The number of phosphoric ester groups is 3. The number of nitrogens with two attached hydrogens (primary N) is 1. The predicted octanol–water partition coefficient (Wildman–Crippen LogP) is 1.97. The second-order valence-corrected chi connectivity index (χ2v) is 21.3. The van der Waals surface area contributed by atoms with E-state index < -0.39 is 84.6 Å². The van der Waals surface area contributed by atoms with Crippen LogP contribution in [-0.2, 0) is 57.1 Å². The van der Waals surface area contributed by atoms with Gasteiger partial charge < -0.3 is 55.8 Å². The Kier molecular flexibility index (Phi) is 21.2. The summed E-state index contributed by atoms with van der Waals surface area (Å²) in [5.41, 5.74) is 6.37. The molecule has 10 N–H and O–H groups in total. The molecule has 25 nitrogen and oxygen atoms in total. The molecular weight excluding hydrogens is 1000 g/mol. The molecule has 0 saturated carbocycles. The minimum absolute atomic E-state index is 0.0202. The molecule has 7 unspecified atom stereocenters. The van der Waals surface area contributed by atoms with Crippen LogP contribution in [0.2, 0.25) is 0 Å². The lowest BCUT2D eigenvalue weighted by molar-refractivity contribution is -0.137. The first-order valence-corrected chi connectivity index (χ1v) is 26.5. The summed E-state index contributed by atoms with van der Waals surface area (Å²) in [4.78, 5) is 90.6. The molecule has 2 amide bonds. The summed E-state index contributed by atoms with van der Waals surface area (Å²) in [7, 11) is -16.4. The van der Waals surface area contributed by atoms with Gasteiger partial charge in [-0.25, -0.2) is 28.6 Å². The van der Waals surface area contributed by atoms with Gasteiger partial charge >= 0.3 is 23.5 Å². The van der Waals surface area contributed by atoms with Gasteiger partial charge in [-0.2, -0.15) is 4.31 Å². The fourth-order valence-corrected chi connectivity index (χ4v) is 10.2. The van der Waals surface area contributed by atoms with Crippen LogP contribution in [0.4, 0.5) is 11.5 Å². The van der Waals surface area contributed by atoms with Gasteiger partial charge in [-0.15, -0.1) is 23.2 Å². The van der Waals surface area contributed by atoms with Crippen molar-refractivity contribution < 1.29 is 80.5 Å². The number of nitrogens with one attached hydrogen (secondary N) is 2. The number of nitrogen functional groups attached to an aromatic ring is 1. The van der Waals surface area contributed by atoms with Gasteiger partial charge in [0.15, 0.2) is 22.8 Å². The number of aryl methyl sites for hydroxylation is 1. The highest BCUT2D eigenvalue weighted by Crippen LogP contribution is 2.61. The number of benzene rings is 1. The first-order valence-electron chi connectivity index (χ1n) is 20.0. The van der Waals surface area contributed by atoms with E-state index in [1.54, 1.807) is 0 Å². The van der Waals surface area contributed by atoms with Crippen molar-refractivity contribution >= 4 is 98.0 Å². The lowest BCUT2D eigenvalue weighted by Crippen LogP contribution is -2.46. The Morgan fingerprint density at radius 2 is 1.65 bits per heavy atom. The number of ether oxygens (including phenoxy) is 1. The average molecular weight is 1050 g/mol. The second kappa shape index (κ2) is 25.1. The Bertz CT molecular complexity index is 2240. The number of carbonyl (C=O) groups is 3. The standard InChI is InChI=1S/C35H53Cl2N8O17P3S/c1-35(2,30(49)33(50)40-13-10-25(46)39-14-17-66-26(47)5-3-4-22-6-8-23(9-7-22)44(15-11-36)16-12-37)19-59-65(56,57)62-64(54,55)58-18-24-29(61-63(51,52)53)28(48)34(60-24)45-21-43-27-31(38)41-20-42-32(27)45/h6-9,20-21,24,28-30,34,48-49H,3-5,10-19H2,1-2H3,(H,39,46)(H,40,50)(H,54,55)(H,56,57)(H2,38,41,42)(H2,51,52,53). The molecule has 1 aliphatic heterocycles. The maximum atomic E-state index is 12.7. The predicted molar refractivity (Wildman–Crippen MR) is 240 cm³/mol. The molecule has 0 radical (unpaired) electrons. The van der Waals surface area contributed by atoms with Gasteiger partial charge in [0.1, 0.15) is 36.3 Å². The van der Waals surface area contributed by atoms with E-state index in [-0.39, 0.29) is 41.6 Å². The first-order chi connectivity index (χ1) is 31.0. The molecule has 7 atom stereocenters. The van der Waals surface area contributed by atoms with E-state index >= 15 is 0 Å². The van der Waals surface area contributed by atoms with E-state index in [9.17, 15) is 57.9 Å². The first kappa shape index (κ1) is 55.8. The van der Waals surface area contributed by atoms with Crippen molar-refractivity contribution in [3.8, 4) is 0 Å². The molecule has 2 aromatic heterocycles. The third-order valence-electron chi connectivity index (χ3n) is 9.62. The van der Waals surface area contributed by atoms with Crippen LogP contribution in [0.1, 0.15) is 44.9 Å². The lowest BCUT2D eigenvalue weighted by atomic mass is 9.87. The van der Waals surface area contributed by atoms with E-state index in [4.69, 9.17) is 42.7 Å². The van der Waals surface area contributed by atoms with Crippen LogP contribution in [0.25, 0.3) is 11.2 Å². The number of alkyl halides is 2. The fraction of sp³-hybridized carbons (Fsp3) is 0.600. The average Bonchev–Trinajstić information content (AvgIpc) is 3.80. The van der Waals surface area contributed by atoms with Gasteiger partial charge in [-0.3, -0.25) is 32.5 Å². The fourth-order valence-electron chi connectivity index (χ4n) is 6.25. The summed E-state index contributed by atoms with van der Waals surface area (Å²) in [6, 6.07) is 8.03. The molecule has 1 aromatic carbocycles. The zero-order valence-corrected chi connectivity index (χ0v) is 40.5. The number of carbonyl (C=O) groups excluding carboxylic acids is 3. The summed E-state index contributed by atoms with van der Waals surface area (Å²) in [5, 5.41) is 26.5. The number of imidazole rings is 1. The van der Waals surface area contributed by atoms with E-state index in [1.165, 1.54) is 13.8 Å². The van der Waals surface area contributed by atoms with Crippen molar-refractivity contribution in [3.63, 3.8) is 0 Å². The highest BCUT2D eigenvalue weighted by atomic mass is 35.5. The number of halogens is 2. The van der Waals surface area contributed by atoms with Crippen molar-refractivity contribution in [2.24, 2.45) is 5.41 Å². The second-order valence-electron chi connectivity index (χ2n) is 15.2. The van der Waals surface area contributed by atoms with Gasteiger partial charge in [0.05, 0.1) is 19.5 Å². The molecule has 0 aliphatic carbocycles. The third-order valence-corrected chi connectivity index (χ3v) is 14.0. The van der Waals surface area contributed by atoms with Crippen molar-refractivity contribution in [3.05, 3.63) is 42.5 Å². The molecule has 1 saturated heterocycles. The number of aliphatic hydroxyl groups is 2. The van der Waals surface area contributed by atoms with Crippen LogP contribution in [-0.4, -0.2) is 148 Å². The molecule has 370 valence electrons. The highest BCUT2D eigenvalue weighted by Gasteiger charge is 2.50. The highest BCUT2D eigenvalue weighted by molar-refractivity contribution is 8.13. The van der Waals surface area contributed by atoms with E-state index in [1.807, 2.05) is 24.3 Å². The summed E-state index contributed by atoms with van der Waals surface area (Å²) in [6.07, 6.45) is -5.25. The summed E-state index contributed by atoms with van der Waals surface area (Å²) >= 11 is 12.9. The maximum Gasteiger partial charge on any atom is 0.481 e. The van der Waals surface area contributed by atoms with Crippen molar-refractivity contribution in [2.45, 2.75) is 70.2 Å². The monoisotopic (exact) mass is 1050 g/mol. The normalized spacial score (nSPS) is 20.1. The lowest BCUT2D eigenvalue weighted by Gasteiger charge is -2.30. The van der Waals surface area contributed by atoms with Crippen LogP contribution in [0, 0.1) is 5.41 Å². The number of hydrogen-bond donors (Lipinski definition) is 9. The number of nitrogens with zero attached hydrogens (tertiary/aromatic N) is 5. The molecule has 0 spiro atoms. The summed E-state index contributed by atoms with van der Waals surface area (Å²) in [6.45, 7) is 1.82. The minimum atomic E-state index is -5.59. The van der Waals surface area contributed by atoms with Gasteiger partial charge in [0.2, 0.25) is 11.8 Å². The number of amides is 2. The molecular formula is C35H53Cl2N8O17P3S. The van der Waals surface area contributed by atoms with Crippen LogP contribution in [0.3, 0.4) is 0 Å². The molecule has 31 heteroatoms. The van der Waals surface area contributed by atoms with Crippen molar-refractivity contribution in [1.29, 1.82) is 0 Å². The zero-order valence-electron chi connectivity index (χ0n) is 35.5. The summed E-state index contributed by atoms with van der Waals surface area (Å²) in [5.74, 6) is -0.172. The number of rotatable bonds is 28. The number of aromatic nitrogens is 4. The SMILES string of the molecule is CC(C)(COP(=O)(O)OP(=O)(O)OCC1OC(n2cnc3c(N)ncnc32)C(O)C1OP(=O)(O)O)C(O)C(=O)NCCC(=O)NCCSC(=O)CCCc1ccc(N(CCCl)CCCl)cc1. The van der Waals surface area contributed by atoms with E-state index in [2.05, 4.69) is 39.3 Å². The molecule has 66 heavy (non-hydrogen) atoms. The van der Waals surface area contributed by atoms with Gasteiger partial charge in [0.25, 0.3) is 0 Å². The molecule has 3 heterocycles. The van der Waals surface area contributed by atoms with E-state index in [0.717, 1.165) is 46.7 Å². The Labute approximate surface area is 392 Å². The Hall–Kier alpha value is -2.84. The topological polar surface area (TPSA) is 367 Å². The minimum Gasteiger partial charge on any atom is -0.386 e. The van der Waals surface area contributed by atoms with Crippen molar-refractivity contribution in [2.75, 3.05) is 67.5 Å². The number of thioether (sulfide) groups is 1. The number of phosphoric acid groups is 3. The molecule has 4 rings (SSSR count). The third kappa shape index (κ3) is 17.3. The van der Waals surface area contributed by atoms with E-state index in [0.29, 0.717) is 43.4 Å². The van der Waals surface area contributed by atoms with Gasteiger partial charge in [0, 0.05) is 67.6 Å². The zero-order chi connectivity index (χ0) is 48.9. The number of anilines is 2. The molecule has 3 aromatic rings. The maximum absolute atomic E-state index is 12.7. The quantitative estimate of drug-likeness (QED) is 0.0285. The Morgan fingerprint density at radius 1 is 0.985 bits per heavy atom. The summed E-state index contributed by atoms with van der Waals surface area (Å²) < 4.78 is 62.4. The number of fused-ring (bicyclic) bond motifs is 1. The largest absolute Gasteiger partial charge is 0.481 e. The smallest absolute Gasteiger partial charge is 0.386 e. The van der Waals surface area contributed by atoms with Gasteiger partial charge in [-0.1, -0.05) is 37.7 Å². The van der Waals surface area contributed by atoms with Crippen LogP contribution in [0.15, 0.2) is 36.9 Å². The van der Waals surface area contributed by atoms with Crippen LogP contribution in [0.5, 0.6) is 0 Å². The number of hydrogen-bond acceptors (Lipinski definition) is 19. The molecule has 1 aliphatic rings. The number of aliphatic hydroxyl groups excluding tert-OH is 2. The Balaban J connectivity index is 1.14. The van der Waals surface area contributed by atoms with Gasteiger partial charge in [-0.05, 0) is 30.5 Å². The van der Waals surface area contributed by atoms with Crippen molar-refractivity contribution in [1.82, 2.24) is 30.2 Å². The Morgan fingerprint density at radius 3 is 2.30 bits per heavy atom. The molecule has 1 fully saturated rings. The van der Waals surface area contributed by atoms with Crippen LogP contribution < -0.4 is 21.3 Å². The van der Waals surface area contributed by atoms with Crippen LogP contribution >= 0.6 is 58.4 Å². The molecule has 0 bridgehead atoms.